The number of hydrogen-bond acceptors (Lipinski definition) is 3. The summed E-state index contributed by atoms with van der Waals surface area (Å²) in [7, 11) is 0. The number of carbonyl (C=O) groups is 2. The Bertz CT molecular complexity index is 1000. The molecule has 3 aromatic carbocycles. The van der Waals surface area contributed by atoms with Gasteiger partial charge in [-0.1, -0.05) is 48.0 Å². The maximum atomic E-state index is 12.9. The van der Waals surface area contributed by atoms with E-state index in [1.54, 1.807) is 66.7 Å². The molecule has 0 radical (unpaired) electrons. The fraction of sp³-hybridized carbons (Fsp3) is 0.130. The summed E-state index contributed by atoms with van der Waals surface area (Å²) in [6.45, 7) is 3.84. The highest BCUT2D eigenvalue weighted by Crippen LogP contribution is 2.25. The lowest BCUT2D eigenvalue weighted by molar-refractivity contribution is 0.102. The number of nitrogens with one attached hydrogen (secondary N) is 1. The second kappa shape index (κ2) is 8.72. The minimum Gasteiger partial charge on any atom is -0.491 e. The molecule has 1 amide bonds. The van der Waals surface area contributed by atoms with Gasteiger partial charge in [-0.25, -0.2) is 0 Å². The number of ketones is 1. The van der Waals surface area contributed by atoms with Crippen LogP contribution in [0.2, 0.25) is 5.02 Å². The van der Waals surface area contributed by atoms with Crippen LogP contribution in [0.25, 0.3) is 0 Å². The van der Waals surface area contributed by atoms with Crippen molar-refractivity contribution < 1.29 is 14.3 Å². The van der Waals surface area contributed by atoms with Gasteiger partial charge in [0.2, 0.25) is 0 Å². The van der Waals surface area contributed by atoms with Crippen LogP contribution < -0.4 is 10.1 Å². The third kappa shape index (κ3) is 4.78. The second-order valence-corrected chi connectivity index (χ2v) is 6.97. The molecule has 0 heterocycles. The van der Waals surface area contributed by atoms with Gasteiger partial charge in [0, 0.05) is 21.7 Å². The van der Waals surface area contributed by atoms with E-state index in [4.69, 9.17) is 16.3 Å². The normalized spacial score (nSPS) is 10.6. The van der Waals surface area contributed by atoms with Gasteiger partial charge < -0.3 is 10.1 Å². The van der Waals surface area contributed by atoms with Crippen LogP contribution in [0.4, 0.5) is 5.69 Å². The number of amides is 1. The molecule has 0 spiro atoms. The molecule has 0 aliphatic heterocycles. The maximum absolute atomic E-state index is 12.9. The average Bonchev–Trinajstić information content (AvgIpc) is 2.69. The molecule has 28 heavy (non-hydrogen) atoms. The lowest BCUT2D eigenvalue weighted by Gasteiger charge is -2.13. The van der Waals surface area contributed by atoms with Crippen molar-refractivity contribution in [1.82, 2.24) is 0 Å². The van der Waals surface area contributed by atoms with Crippen LogP contribution in [0.15, 0.2) is 72.8 Å². The fourth-order valence-corrected chi connectivity index (χ4v) is 2.91. The maximum Gasteiger partial charge on any atom is 0.255 e. The monoisotopic (exact) mass is 393 g/mol. The van der Waals surface area contributed by atoms with Gasteiger partial charge in [-0.3, -0.25) is 9.59 Å². The molecule has 0 bridgehead atoms. The third-order valence-corrected chi connectivity index (χ3v) is 4.21. The number of carbonyl (C=O) groups excluding carboxylic acids is 2. The first-order valence-corrected chi connectivity index (χ1v) is 9.29. The van der Waals surface area contributed by atoms with Gasteiger partial charge in [0.25, 0.3) is 5.91 Å². The summed E-state index contributed by atoms with van der Waals surface area (Å²) in [5, 5.41) is 3.23. The molecule has 0 aliphatic rings. The Kier molecular flexibility index (Phi) is 6.12. The Morgan fingerprint density at radius 1 is 0.893 bits per heavy atom. The summed E-state index contributed by atoms with van der Waals surface area (Å²) < 4.78 is 5.64. The first-order valence-electron chi connectivity index (χ1n) is 8.91. The molecule has 0 atom stereocenters. The van der Waals surface area contributed by atoms with E-state index in [0.29, 0.717) is 33.1 Å². The molecule has 0 aromatic heterocycles. The van der Waals surface area contributed by atoms with Crippen molar-refractivity contribution in [3.05, 3.63) is 94.5 Å². The zero-order valence-corrected chi connectivity index (χ0v) is 16.4. The molecule has 142 valence electrons. The molecular weight excluding hydrogens is 374 g/mol. The molecule has 0 saturated heterocycles. The summed E-state index contributed by atoms with van der Waals surface area (Å²) in [5.74, 6) is 0.0632. The van der Waals surface area contributed by atoms with Crippen molar-refractivity contribution >= 4 is 29.0 Å². The van der Waals surface area contributed by atoms with Crippen molar-refractivity contribution in [3.8, 4) is 5.75 Å². The highest BCUT2D eigenvalue weighted by molar-refractivity contribution is 6.31. The number of rotatable bonds is 6. The largest absolute Gasteiger partial charge is 0.491 e. The molecule has 3 aromatic rings. The van der Waals surface area contributed by atoms with Gasteiger partial charge >= 0.3 is 0 Å². The van der Waals surface area contributed by atoms with E-state index in [1.165, 1.54) is 0 Å². The highest BCUT2D eigenvalue weighted by Gasteiger charge is 2.17. The number of halogens is 1. The van der Waals surface area contributed by atoms with E-state index in [-0.39, 0.29) is 17.8 Å². The summed E-state index contributed by atoms with van der Waals surface area (Å²) in [4.78, 5) is 25.6. The first-order chi connectivity index (χ1) is 13.4. The lowest BCUT2D eigenvalue weighted by atomic mass is 10.0. The van der Waals surface area contributed by atoms with Gasteiger partial charge in [-0.2, -0.15) is 0 Å². The number of ether oxygens (including phenoxy) is 1. The van der Waals surface area contributed by atoms with Gasteiger partial charge in [-0.05, 0) is 50.2 Å². The summed E-state index contributed by atoms with van der Waals surface area (Å²) in [5.41, 5.74) is 1.69. The minimum absolute atomic E-state index is 0.00433. The second-order valence-electron chi connectivity index (χ2n) is 6.53. The predicted molar refractivity (Wildman–Crippen MR) is 111 cm³/mol. The summed E-state index contributed by atoms with van der Waals surface area (Å²) in [6, 6.07) is 20.6. The van der Waals surface area contributed by atoms with E-state index in [2.05, 4.69) is 5.32 Å². The summed E-state index contributed by atoms with van der Waals surface area (Å²) in [6.07, 6.45) is 0.00433. The Morgan fingerprint density at radius 2 is 1.61 bits per heavy atom. The van der Waals surface area contributed by atoms with Crippen LogP contribution in [0, 0.1) is 0 Å². The minimum atomic E-state index is -0.335. The molecule has 0 unspecified atom stereocenters. The first kappa shape index (κ1) is 19.6. The van der Waals surface area contributed by atoms with E-state index < -0.39 is 0 Å². The van der Waals surface area contributed by atoms with Crippen LogP contribution in [0.5, 0.6) is 5.75 Å². The van der Waals surface area contributed by atoms with Gasteiger partial charge in [0.05, 0.1) is 11.8 Å². The molecule has 0 aliphatic carbocycles. The topological polar surface area (TPSA) is 55.4 Å². The average molecular weight is 394 g/mol. The molecule has 3 rings (SSSR count). The Hall–Kier alpha value is -3.11. The van der Waals surface area contributed by atoms with Crippen LogP contribution >= 0.6 is 11.6 Å². The smallest absolute Gasteiger partial charge is 0.255 e. The van der Waals surface area contributed by atoms with Crippen molar-refractivity contribution in [2.45, 2.75) is 20.0 Å². The van der Waals surface area contributed by atoms with E-state index in [0.717, 1.165) is 0 Å². The lowest BCUT2D eigenvalue weighted by Crippen LogP contribution is -2.15. The molecule has 5 heteroatoms. The van der Waals surface area contributed by atoms with Gasteiger partial charge in [-0.15, -0.1) is 0 Å². The van der Waals surface area contributed by atoms with E-state index >= 15 is 0 Å². The van der Waals surface area contributed by atoms with Crippen molar-refractivity contribution in [3.63, 3.8) is 0 Å². The van der Waals surface area contributed by atoms with Crippen LogP contribution in [0.1, 0.15) is 40.1 Å². The highest BCUT2D eigenvalue weighted by atomic mass is 35.5. The summed E-state index contributed by atoms with van der Waals surface area (Å²) >= 11 is 6.09. The zero-order chi connectivity index (χ0) is 20.1. The van der Waals surface area contributed by atoms with Crippen molar-refractivity contribution in [1.29, 1.82) is 0 Å². The molecule has 4 nitrogen and oxygen atoms in total. The SMILES string of the molecule is CC(C)Oc1cccc(C(=O)Nc2ccc(Cl)cc2C(=O)c2ccccc2)c1. The van der Waals surface area contributed by atoms with E-state index in [1.807, 2.05) is 19.9 Å². The predicted octanol–water partition coefficient (Wildman–Crippen LogP) is 5.61. The molecular formula is C23H20ClNO3. The van der Waals surface area contributed by atoms with Crippen LogP contribution in [0.3, 0.4) is 0 Å². The van der Waals surface area contributed by atoms with Crippen LogP contribution in [-0.4, -0.2) is 17.8 Å². The standard InChI is InChI=1S/C23H20ClNO3/c1-15(2)28-19-10-6-9-17(13-19)23(27)25-21-12-11-18(24)14-20(21)22(26)16-7-4-3-5-8-16/h3-15H,1-2H3,(H,25,27). The quantitative estimate of drug-likeness (QED) is 0.554. The molecule has 0 fully saturated rings. The van der Waals surface area contributed by atoms with E-state index in [9.17, 15) is 9.59 Å². The van der Waals surface area contributed by atoms with Gasteiger partial charge in [0.15, 0.2) is 5.78 Å². The number of benzene rings is 3. The Morgan fingerprint density at radius 3 is 2.32 bits per heavy atom. The number of anilines is 1. The Balaban J connectivity index is 1.89. The Labute approximate surface area is 169 Å². The van der Waals surface area contributed by atoms with Gasteiger partial charge in [0.1, 0.15) is 5.75 Å². The number of hydrogen-bond donors (Lipinski definition) is 1. The van der Waals surface area contributed by atoms with Crippen LogP contribution in [-0.2, 0) is 0 Å². The fourth-order valence-electron chi connectivity index (χ4n) is 2.74. The van der Waals surface area contributed by atoms with Crippen molar-refractivity contribution in [2.24, 2.45) is 0 Å². The molecule has 0 saturated carbocycles. The molecule has 1 N–H and O–H groups in total. The zero-order valence-electron chi connectivity index (χ0n) is 15.6. The third-order valence-electron chi connectivity index (χ3n) is 3.98. The van der Waals surface area contributed by atoms with Crippen molar-refractivity contribution in [2.75, 3.05) is 5.32 Å².